The van der Waals surface area contributed by atoms with Crippen LogP contribution in [0.25, 0.3) is 0 Å². The van der Waals surface area contributed by atoms with Gasteiger partial charge in [-0.2, -0.15) is 0 Å². The summed E-state index contributed by atoms with van der Waals surface area (Å²) in [4.78, 5) is 16.7. The molecule has 1 aromatic rings. The molecule has 0 spiro atoms. The molecular weight excluding hydrogens is 266 g/mol. The van der Waals surface area contributed by atoms with Gasteiger partial charge < -0.3 is 20.6 Å². The van der Waals surface area contributed by atoms with Crippen molar-refractivity contribution in [1.82, 2.24) is 9.80 Å². The molecule has 5 heteroatoms. The summed E-state index contributed by atoms with van der Waals surface area (Å²) in [6.45, 7) is 5.28. The zero-order valence-electron chi connectivity index (χ0n) is 12.5. The highest BCUT2D eigenvalue weighted by atomic mass is 16.3. The van der Waals surface area contributed by atoms with Gasteiger partial charge in [0.2, 0.25) is 0 Å². The number of nitrogens with two attached hydrogens (primary N) is 1. The van der Waals surface area contributed by atoms with Gasteiger partial charge in [-0.3, -0.25) is 4.79 Å². The van der Waals surface area contributed by atoms with Gasteiger partial charge in [0.05, 0.1) is 0 Å². The molecular formula is C16H25N3O2. The van der Waals surface area contributed by atoms with Crippen molar-refractivity contribution in [3.8, 4) is 5.75 Å². The van der Waals surface area contributed by atoms with Crippen molar-refractivity contribution in [3.05, 3.63) is 29.8 Å². The number of phenolic OH excluding ortho intramolecular Hbond substituents is 1. The summed E-state index contributed by atoms with van der Waals surface area (Å²) in [5.74, 6) is 0.147. The molecule has 1 amide bonds. The van der Waals surface area contributed by atoms with E-state index in [-0.39, 0.29) is 11.7 Å². The summed E-state index contributed by atoms with van der Waals surface area (Å²) in [6.07, 6.45) is 3.17. The Morgan fingerprint density at radius 2 is 2.05 bits per heavy atom. The minimum Gasteiger partial charge on any atom is -0.508 e. The van der Waals surface area contributed by atoms with Crippen molar-refractivity contribution >= 4 is 5.91 Å². The van der Waals surface area contributed by atoms with Gasteiger partial charge in [-0.1, -0.05) is 6.07 Å². The predicted octanol–water partition coefficient (Wildman–Crippen LogP) is 1.28. The molecule has 116 valence electrons. The van der Waals surface area contributed by atoms with Crippen LogP contribution in [0.5, 0.6) is 5.75 Å². The first kappa shape index (κ1) is 15.8. The molecule has 1 fully saturated rings. The van der Waals surface area contributed by atoms with Crippen molar-refractivity contribution in [3.63, 3.8) is 0 Å². The molecule has 0 bridgehead atoms. The van der Waals surface area contributed by atoms with E-state index in [9.17, 15) is 9.90 Å². The van der Waals surface area contributed by atoms with Gasteiger partial charge in [0.1, 0.15) is 5.75 Å². The number of hydrogen-bond acceptors (Lipinski definition) is 4. The molecule has 1 saturated heterocycles. The number of carbonyl (C=O) groups excluding carboxylic acids is 1. The molecule has 1 aliphatic heterocycles. The van der Waals surface area contributed by atoms with Gasteiger partial charge >= 0.3 is 0 Å². The first-order chi connectivity index (χ1) is 10.2. The van der Waals surface area contributed by atoms with Crippen LogP contribution in [0.1, 0.15) is 29.6 Å². The lowest BCUT2D eigenvalue weighted by molar-refractivity contribution is 0.0761. The first-order valence-electron chi connectivity index (χ1n) is 7.71. The lowest BCUT2D eigenvalue weighted by atomic mass is 10.2. The topological polar surface area (TPSA) is 69.8 Å². The second-order valence-corrected chi connectivity index (χ2v) is 5.53. The molecule has 5 nitrogen and oxygen atoms in total. The Bertz CT molecular complexity index is 465. The number of rotatable bonds is 5. The van der Waals surface area contributed by atoms with E-state index < -0.39 is 0 Å². The van der Waals surface area contributed by atoms with E-state index in [4.69, 9.17) is 5.73 Å². The van der Waals surface area contributed by atoms with E-state index >= 15 is 0 Å². The quantitative estimate of drug-likeness (QED) is 0.802. The maximum Gasteiger partial charge on any atom is 0.254 e. The SMILES string of the molecule is NCCCCN1CCCN(C(=O)c2cccc(O)c2)CC1. The zero-order valence-corrected chi connectivity index (χ0v) is 12.5. The standard InChI is InChI=1S/C16H25N3O2/c17-7-1-2-8-18-9-4-10-19(12-11-18)16(21)14-5-3-6-15(20)13-14/h3,5-6,13,20H,1-2,4,7-12,17H2. The Kier molecular flexibility index (Phi) is 6.02. The van der Waals surface area contributed by atoms with Crippen molar-refractivity contribution in [1.29, 1.82) is 0 Å². The summed E-state index contributed by atoms with van der Waals surface area (Å²) in [5, 5.41) is 9.49. The summed E-state index contributed by atoms with van der Waals surface area (Å²) in [5.41, 5.74) is 6.08. The fraction of sp³-hybridized carbons (Fsp3) is 0.562. The number of aromatic hydroxyl groups is 1. The number of carbonyl (C=O) groups is 1. The van der Waals surface area contributed by atoms with E-state index in [2.05, 4.69) is 4.90 Å². The van der Waals surface area contributed by atoms with E-state index in [0.29, 0.717) is 5.56 Å². The molecule has 1 aliphatic rings. The van der Waals surface area contributed by atoms with Gasteiger partial charge in [-0.15, -0.1) is 0 Å². The van der Waals surface area contributed by atoms with Crippen molar-refractivity contribution < 1.29 is 9.90 Å². The molecule has 2 rings (SSSR count). The highest BCUT2D eigenvalue weighted by Gasteiger charge is 2.20. The van der Waals surface area contributed by atoms with E-state index in [1.165, 1.54) is 6.07 Å². The van der Waals surface area contributed by atoms with Crippen LogP contribution >= 0.6 is 0 Å². The van der Waals surface area contributed by atoms with Crippen molar-refractivity contribution in [2.75, 3.05) is 39.3 Å². The van der Waals surface area contributed by atoms with E-state index in [1.807, 2.05) is 4.90 Å². The third kappa shape index (κ3) is 4.72. The fourth-order valence-corrected chi connectivity index (χ4v) is 2.70. The van der Waals surface area contributed by atoms with Crippen LogP contribution in [-0.4, -0.2) is 60.1 Å². The second-order valence-electron chi connectivity index (χ2n) is 5.53. The largest absolute Gasteiger partial charge is 0.508 e. The molecule has 0 unspecified atom stereocenters. The first-order valence-corrected chi connectivity index (χ1v) is 7.71. The number of unbranched alkanes of at least 4 members (excludes halogenated alkanes) is 1. The molecule has 1 aromatic carbocycles. The third-order valence-electron chi connectivity index (χ3n) is 3.90. The minimum atomic E-state index is 0.00899. The number of phenols is 1. The highest BCUT2D eigenvalue weighted by molar-refractivity contribution is 5.94. The minimum absolute atomic E-state index is 0.00899. The molecule has 0 aliphatic carbocycles. The van der Waals surface area contributed by atoms with Crippen LogP contribution in [0.2, 0.25) is 0 Å². The normalized spacial score (nSPS) is 16.7. The van der Waals surface area contributed by atoms with E-state index in [0.717, 1.165) is 58.5 Å². The average molecular weight is 291 g/mol. The smallest absolute Gasteiger partial charge is 0.254 e. The summed E-state index contributed by atoms with van der Waals surface area (Å²) >= 11 is 0. The summed E-state index contributed by atoms with van der Waals surface area (Å²) in [6, 6.07) is 6.58. The van der Waals surface area contributed by atoms with Crippen LogP contribution in [0.15, 0.2) is 24.3 Å². The molecule has 0 atom stereocenters. The van der Waals surface area contributed by atoms with Gasteiger partial charge in [-0.05, 0) is 57.1 Å². The number of benzene rings is 1. The molecule has 0 aromatic heterocycles. The van der Waals surface area contributed by atoms with Crippen LogP contribution < -0.4 is 5.73 Å². The van der Waals surface area contributed by atoms with Crippen LogP contribution in [-0.2, 0) is 0 Å². The number of hydrogen-bond donors (Lipinski definition) is 2. The third-order valence-corrected chi connectivity index (χ3v) is 3.90. The van der Waals surface area contributed by atoms with Crippen LogP contribution in [0.3, 0.4) is 0 Å². The average Bonchev–Trinajstić information content (AvgIpc) is 2.72. The Balaban J connectivity index is 1.89. The molecule has 0 radical (unpaired) electrons. The van der Waals surface area contributed by atoms with E-state index in [1.54, 1.807) is 18.2 Å². The maximum atomic E-state index is 12.5. The zero-order chi connectivity index (χ0) is 15.1. The predicted molar refractivity (Wildman–Crippen MR) is 83.4 cm³/mol. The number of nitrogens with zero attached hydrogens (tertiary/aromatic N) is 2. The van der Waals surface area contributed by atoms with Gasteiger partial charge in [0, 0.05) is 25.2 Å². The van der Waals surface area contributed by atoms with Gasteiger partial charge in [0.15, 0.2) is 0 Å². The molecule has 21 heavy (non-hydrogen) atoms. The van der Waals surface area contributed by atoms with Gasteiger partial charge in [-0.25, -0.2) is 0 Å². The Morgan fingerprint density at radius 3 is 2.81 bits per heavy atom. The fourth-order valence-electron chi connectivity index (χ4n) is 2.70. The van der Waals surface area contributed by atoms with Crippen LogP contribution in [0, 0.1) is 0 Å². The van der Waals surface area contributed by atoms with Crippen LogP contribution in [0.4, 0.5) is 0 Å². The second kappa shape index (κ2) is 8.00. The number of amides is 1. The van der Waals surface area contributed by atoms with Crippen molar-refractivity contribution in [2.24, 2.45) is 5.73 Å². The lowest BCUT2D eigenvalue weighted by Gasteiger charge is -2.22. The Labute approximate surface area is 126 Å². The monoisotopic (exact) mass is 291 g/mol. The van der Waals surface area contributed by atoms with Crippen molar-refractivity contribution in [2.45, 2.75) is 19.3 Å². The Hall–Kier alpha value is -1.59. The molecule has 3 N–H and O–H groups in total. The summed E-state index contributed by atoms with van der Waals surface area (Å²) in [7, 11) is 0. The highest BCUT2D eigenvalue weighted by Crippen LogP contribution is 2.14. The summed E-state index contributed by atoms with van der Waals surface area (Å²) < 4.78 is 0. The Morgan fingerprint density at radius 1 is 1.19 bits per heavy atom. The molecule has 0 saturated carbocycles. The lowest BCUT2D eigenvalue weighted by Crippen LogP contribution is -2.35. The molecule has 1 heterocycles. The van der Waals surface area contributed by atoms with Gasteiger partial charge in [0.25, 0.3) is 5.91 Å². The maximum absolute atomic E-state index is 12.5.